The van der Waals surface area contributed by atoms with E-state index in [9.17, 15) is 0 Å². The lowest BCUT2D eigenvalue weighted by Gasteiger charge is -2.27. The molecule has 12 heavy (non-hydrogen) atoms. The normalized spacial score (nSPS) is 17.1. The van der Waals surface area contributed by atoms with Crippen molar-refractivity contribution in [3.63, 3.8) is 0 Å². The highest BCUT2D eigenvalue weighted by molar-refractivity contribution is 9.10. The van der Waals surface area contributed by atoms with Crippen LogP contribution >= 0.6 is 15.9 Å². The zero-order valence-electron chi connectivity index (χ0n) is 6.76. The molecule has 1 aliphatic carbocycles. The summed E-state index contributed by atoms with van der Waals surface area (Å²) in [5.41, 5.74) is 0. The Hall–Kier alpha value is -0.570. The predicted molar refractivity (Wildman–Crippen MR) is 53.2 cm³/mol. The largest absolute Gasteiger partial charge is 0.366 e. The number of rotatable bonds is 2. The van der Waals surface area contributed by atoms with Crippen molar-refractivity contribution in [2.24, 2.45) is 0 Å². The molecule has 0 atom stereocenters. The van der Waals surface area contributed by atoms with E-state index in [1.807, 2.05) is 18.3 Å². The van der Waals surface area contributed by atoms with Gasteiger partial charge in [-0.25, -0.2) is 4.98 Å². The summed E-state index contributed by atoms with van der Waals surface area (Å²) < 4.78 is 1.05. The van der Waals surface area contributed by atoms with Gasteiger partial charge in [0.2, 0.25) is 0 Å². The summed E-state index contributed by atoms with van der Waals surface area (Å²) in [6.07, 6.45) is 5.72. The highest BCUT2D eigenvalue weighted by atomic mass is 79.9. The fourth-order valence-corrected chi connectivity index (χ4v) is 1.61. The van der Waals surface area contributed by atoms with E-state index in [0.717, 1.165) is 10.3 Å². The van der Waals surface area contributed by atoms with E-state index in [-0.39, 0.29) is 0 Å². The average Bonchev–Trinajstić information content (AvgIpc) is 2.00. The highest BCUT2D eigenvalue weighted by Crippen LogP contribution is 2.25. The van der Waals surface area contributed by atoms with Gasteiger partial charge in [0.25, 0.3) is 0 Å². The van der Waals surface area contributed by atoms with E-state index >= 15 is 0 Å². The lowest BCUT2D eigenvalue weighted by Crippen LogP contribution is -2.27. The van der Waals surface area contributed by atoms with Crippen molar-refractivity contribution in [3.05, 3.63) is 22.8 Å². The maximum atomic E-state index is 4.24. The molecule has 0 amide bonds. The molecule has 0 aliphatic heterocycles. The topological polar surface area (TPSA) is 24.9 Å². The Labute approximate surface area is 80.5 Å². The predicted octanol–water partition coefficient (Wildman–Crippen LogP) is 2.81. The van der Waals surface area contributed by atoms with Gasteiger partial charge in [-0.2, -0.15) is 0 Å². The Morgan fingerprint density at radius 3 is 2.92 bits per heavy atom. The second-order valence-electron chi connectivity index (χ2n) is 3.11. The van der Waals surface area contributed by atoms with E-state index in [1.54, 1.807) is 0 Å². The molecule has 0 unspecified atom stereocenters. The Kier molecular flexibility index (Phi) is 2.30. The molecule has 1 saturated carbocycles. The summed E-state index contributed by atoms with van der Waals surface area (Å²) in [7, 11) is 0. The number of hydrogen-bond donors (Lipinski definition) is 1. The van der Waals surface area contributed by atoms with Crippen LogP contribution in [-0.4, -0.2) is 11.0 Å². The second kappa shape index (κ2) is 3.44. The molecular formula is C9H11BrN2. The van der Waals surface area contributed by atoms with Crippen LogP contribution in [0.3, 0.4) is 0 Å². The fraction of sp³-hybridized carbons (Fsp3) is 0.444. The standard InChI is InChI=1S/C9H11BrN2/c10-8-5-2-6-11-9(8)12-7-3-1-4-7/h2,5-7H,1,3-4H2,(H,11,12). The maximum absolute atomic E-state index is 4.24. The molecule has 0 saturated heterocycles. The summed E-state index contributed by atoms with van der Waals surface area (Å²) >= 11 is 3.45. The molecule has 1 aromatic rings. The summed E-state index contributed by atoms with van der Waals surface area (Å²) in [4.78, 5) is 4.24. The van der Waals surface area contributed by atoms with Gasteiger partial charge >= 0.3 is 0 Å². The van der Waals surface area contributed by atoms with Crippen LogP contribution in [0.4, 0.5) is 5.82 Å². The third-order valence-corrected chi connectivity index (χ3v) is 2.84. The van der Waals surface area contributed by atoms with Crippen LogP contribution in [0.15, 0.2) is 22.8 Å². The van der Waals surface area contributed by atoms with E-state index in [0.29, 0.717) is 6.04 Å². The number of halogens is 1. The first-order chi connectivity index (χ1) is 5.86. The first-order valence-corrected chi connectivity index (χ1v) is 5.02. The van der Waals surface area contributed by atoms with Crippen molar-refractivity contribution >= 4 is 21.7 Å². The molecule has 0 bridgehead atoms. The quantitative estimate of drug-likeness (QED) is 0.840. The van der Waals surface area contributed by atoms with Crippen LogP contribution in [-0.2, 0) is 0 Å². The molecular weight excluding hydrogens is 216 g/mol. The van der Waals surface area contributed by atoms with Gasteiger partial charge < -0.3 is 5.32 Å². The Bertz CT molecular complexity index is 271. The maximum Gasteiger partial charge on any atom is 0.140 e. The number of aromatic nitrogens is 1. The van der Waals surface area contributed by atoms with Crippen molar-refractivity contribution in [2.45, 2.75) is 25.3 Å². The smallest absolute Gasteiger partial charge is 0.140 e. The minimum absolute atomic E-state index is 0.649. The number of pyridine rings is 1. The van der Waals surface area contributed by atoms with Gasteiger partial charge in [0.1, 0.15) is 5.82 Å². The first kappa shape index (κ1) is 8.05. The van der Waals surface area contributed by atoms with Gasteiger partial charge in [-0.1, -0.05) is 0 Å². The van der Waals surface area contributed by atoms with E-state index in [1.165, 1.54) is 19.3 Å². The molecule has 1 heterocycles. The fourth-order valence-electron chi connectivity index (χ4n) is 1.24. The Morgan fingerprint density at radius 2 is 2.33 bits per heavy atom. The summed E-state index contributed by atoms with van der Waals surface area (Å²) in [6.45, 7) is 0. The lowest BCUT2D eigenvalue weighted by molar-refractivity contribution is 0.444. The molecule has 0 spiro atoms. The SMILES string of the molecule is Brc1cccnc1NC1CCC1. The molecule has 64 valence electrons. The minimum atomic E-state index is 0.649. The average molecular weight is 227 g/mol. The molecule has 1 aromatic heterocycles. The van der Waals surface area contributed by atoms with Gasteiger partial charge in [0.05, 0.1) is 4.47 Å². The number of nitrogens with one attached hydrogen (secondary N) is 1. The monoisotopic (exact) mass is 226 g/mol. The molecule has 0 aromatic carbocycles. The number of anilines is 1. The van der Waals surface area contributed by atoms with E-state index < -0.39 is 0 Å². The van der Waals surface area contributed by atoms with Gasteiger partial charge in [-0.05, 0) is 47.3 Å². The summed E-state index contributed by atoms with van der Waals surface area (Å²) in [5, 5.41) is 3.39. The van der Waals surface area contributed by atoms with Crippen molar-refractivity contribution in [1.29, 1.82) is 0 Å². The molecule has 1 N–H and O–H groups in total. The lowest BCUT2D eigenvalue weighted by atomic mass is 9.93. The van der Waals surface area contributed by atoms with Gasteiger partial charge in [0, 0.05) is 12.2 Å². The van der Waals surface area contributed by atoms with Gasteiger partial charge in [0.15, 0.2) is 0 Å². The molecule has 0 radical (unpaired) electrons. The third-order valence-electron chi connectivity index (χ3n) is 2.20. The van der Waals surface area contributed by atoms with E-state index in [4.69, 9.17) is 0 Å². The number of hydrogen-bond acceptors (Lipinski definition) is 2. The van der Waals surface area contributed by atoms with Crippen LogP contribution in [0.5, 0.6) is 0 Å². The molecule has 3 heteroatoms. The van der Waals surface area contributed by atoms with Crippen LogP contribution in [0.2, 0.25) is 0 Å². The zero-order valence-corrected chi connectivity index (χ0v) is 8.34. The van der Waals surface area contributed by atoms with Crippen LogP contribution in [0.25, 0.3) is 0 Å². The van der Waals surface area contributed by atoms with Gasteiger partial charge in [-0.3, -0.25) is 0 Å². The van der Waals surface area contributed by atoms with Gasteiger partial charge in [-0.15, -0.1) is 0 Å². The zero-order chi connectivity index (χ0) is 8.39. The van der Waals surface area contributed by atoms with Crippen LogP contribution in [0, 0.1) is 0 Å². The second-order valence-corrected chi connectivity index (χ2v) is 3.96. The molecule has 1 aliphatic rings. The Morgan fingerprint density at radius 1 is 1.50 bits per heavy atom. The number of nitrogens with zero attached hydrogens (tertiary/aromatic N) is 1. The summed E-state index contributed by atoms with van der Waals surface area (Å²) in [6, 6.07) is 4.58. The summed E-state index contributed by atoms with van der Waals surface area (Å²) in [5.74, 6) is 0.974. The third kappa shape index (κ3) is 1.61. The molecule has 2 rings (SSSR count). The van der Waals surface area contributed by atoms with E-state index in [2.05, 4.69) is 26.2 Å². The van der Waals surface area contributed by atoms with Crippen molar-refractivity contribution in [3.8, 4) is 0 Å². The Balaban J connectivity index is 2.06. The molecule has 1 fully saturated rings. The first-order valence-electron chi connectivity index (χ1n) is 4.23. The molecule has 2 nitrogen and oxygen atoms in total. The van der Waals surface area contributed by atoms with Crippen molar-refractivity contribution in [1.82, 2.24) is 4.98 Å². The van der Waals surface area contributed by atoms with Crippen LogP contribution < -0.4 is 5.32 Å². The van der Waals surface area contributed by atoms with Crippen molar-refractivity contribution < 1.29 is 0 Å². The highest BCUT2D eigenvalue weighted by Gasteiger charge is 2.17. The minimum Gasteiger partial charge on any atom is -0.366 e. The van der Waals surface area contributed by atoms with Crippen molar-refractivity contribution in [2.75, 3.05) is 5.32 Å². The van der Waals surface area contributed by atoms with Crippen LogP contribution in [0.1, 0.15) is 19.3 Å².